The summed E-state index contributed by atoms with van der Waals surface area (Å²) in [6, 6.07) is 12.2. The van der Waals surface area contributed by atoms with Crippen LogP contribution in [-0.4, -0.2) is 43.0 Å². The second-order valence-corrected chi connectivity index (χ2v) is 6.88. The molecule has 0 saturated carbocycles. The predicted octanol–water partition coefficient (Wildman–Crippen LogP) is 3.21. The predicted molar refractivity (Wildman–Crippen MR) is 113 cm³/mol. The third-order valence-corrected chi connectivity index (χ3v) is 4.84. The van der Waals surface area contributed by atoms with E-state index >= 15 is 0 Å². The third kappa shape index (κ3) is 4.26. The molecule has 10 nitrogen and oxygen atoms in total. The second-order valence-electron chi connectivity index (χ2n) is 6.88. The van der Waals surface area contributed by atoms with Crippen LogP contribution in [0.25, 0.3) is 17.4 Å². The summed E-state index contributed by atoms with van der Waals surface area (Å²) in [4.78, 5) is 49.5. The van der Waals surface area contributed by atoms with Crippen molar-refractivity contribution < 1.29 is 37.5 Å². The second kappa shape index (κ2) is 8.87. The van der Waals surface area contributed by atoms with Gasteiger partial charge in [-0.3, -0.25) is 9.69 Å². The lowest BCUT2D eigenvalue weighted by molar-refractivity contribution is -0.123. The summed E-state index contributed by atoms with van der Waals surface area (Å²) in [7, 11) is 2.50. The van der Waals surface area contributed by atoms with E-state index in [0.29, 0.717) is 22.6 Å². The first kappa shape index (κ1) is 21.6. The minimum absolute atomic E-state index is 0.00176. The van der Waals surface area contributed by atoms with Crippen LogP contribution in [0, 0.1) is 0 Å². The number of esters is 2. The van der Waals surface area contributed by atoms with Gasteiger partial charge in [0.25, 0.3) is 5.91 Å². The Labute approximate surface area is 187 Å². The molecule has 1 N–H and O–H groups in total. The van der Waals surface area contributed by atoms with Gasteiger partial charge in [-0.05, 0) is 30.3 Å². The molecule has 0 bridgehead atoms. The van der Waals surface area contributed by atoms with Gasteiger partial charge in [0.1, 0.15) is 23.0 Å². The summed E-state index contributed by atoms with van der Waals surface area (Å²) >= 11 is 0. The number of hydrogen-bond acceptors (Lipinski definition) is 8. The zero-order chi connectivity index (χ0) is 23.5. The molecule has 0 unspecified atom stereocenters. The first-order valence-corrected chi connectivity index (χ1v) is 9.70. The van der Waals surface area contributed by atoms with Crippen LogP contribution in [0.3, 0.4) is 0 Å². The summed E-state index contributed by atoms with van der Waals surface area (Å²) in [5.74, 6) is -0.886. The van der Waals surface area contributed by atoms with Crippen molar-refractivity contribution >= 4 is 30.0 Å². The maximum absolute atomic E-state index is 12.7. The number of amides is 3. The number of benzene rings is 1. The normalized spacial score (nSPS) is 14.5. The Morgan fingerprint density at radius 1 is 0.970 bits per heavy atom. The molecule has 2 aromatic heterocycles. The lowest BCUT2D eigenvalue weighted by atomic mass is 10.1. The van der Waals surface area contributed by atoms with Crippen LogP contribution < -0.4 is 5.32 Å². The minimum Gasteiger partial charge on any atom is -0.465 e. The van der Waals surface area contributed by atoms with E-state index < -0.39 is 23.9 Å². The molecule has 10 heteroatoms. The van der Waals surface area contributed by atoms with Gasteiger partial charge in [0.15, 0.2) is 0 Å². The molecule has 3 amide bonds. The lowest BCUT2D eigenvalue weighted by Crippen LogP contribution is -2.30. The maximum atomic E-state index is 12.7. The highest BCUT2D eigenvalue weighted by Gasteiger charge is 2.34. The summed E-state index contributed by atoms with van der Waals surface area (Å²) in [5.41, 5.74) is 0.855. The molecule has 1 saturated heterocycles. The molecule has 0 radical (unpaired) electrons. The molecule has 0 spiro atoms. The first-order chi connectivity index (χ1) is 15.9. The maximum Gasteiger partial charge on any atom is 0.373 e. The highest BCUT2D eigenvalue weighted by molar-refractivity contribution is 6.13. The zero-order valence-corrected chi connectivity index (χ0v) is 17.6. The molecule has 1 aliphatic rings. The van der Waals surface area contributed by atoms with Crippen molar-refractivity contribution in [2.75, 3.05) is 14.2 Å². The number of furan rings is 2. The Kier molecular flexibility index (Phi) is 5.81. The molecule has 33 heavy (non-hydrogen) atoms. The number of ether oxygens (including phenoxy) is 2. The first-order valence-electron chi connectivity index (χ1n) is 9.70. The van der Waals surface area contributed by atoms with Crippen LogP contribution in [0.4, 0.5) is 4.79 Å². The third-order valence-electron chi connectivity index (χ3n) is 4.84. The van der Waals surface area contributed by atoms with Crippen LogP contribution in [-0.2, 0) is 20.8 Å². The van der Waals surface area contributed by atoms with E-state index in [1.165, 1.54) is 32.4 Å². The Morgan fingerprint density at radius 3 is 2.48 bits per heavy atom. The van der Waals surface area contributed by atoms with Crippen molar-refractivity contribution in [3.8, 4) is 11.3 Å². The quantitative estimate of drug-likeness (QED) is 0.344. The van der Waals surface area contributed by atoms with Gasteiger partial charge in [0, 0.05) is 11.6 Å². The van der Waals surface area contributed by atoms with Crippen LogP contribution in [0.15, 0.2) is 63.1 Å². The molecule has 0 atom stereocenters. The molecule has 1 aliphatic heterocycles. The topological polar surface area (TPSA) is 128 Å². The van der Waals surface area contributed by atoms with E-state index in [9.17, 15) is 19.2 Å². The van der Waals surface area contributed by atoms with Gasteiger partial charge in [-0.2, -0.15) is 0 Å². The fourth-order valence-electron chi connectivity index (χ4n) is 3.25. The lowest BCUT2D eigenvalue weighted by Gasteiger charge is -2.09. The molecular weight excluding hydrogens is 432 g/mol. The smallest absolute Gasteiger partial charge is 0.373 e. The van der Waals surface area contributed by atoms with E-state index in [1.807, 2.05) is 0 Å². The SMILES string of the molecule is COC(=O)c1ccc(CN2C(=O)NC(=Cc3ccc(-c4ccccc4C(=O)OC)o3)C2=O)o1. The number of methoxy groups -OCH3 is 2. The average molecular weight is 450 g/mol. The number of nitrogens with one attached hydrogen (secondary N) is 1. The van der Waals surface area contributed by atoms with Gasteiger partial charge < -0.3 is 23.6 Å². The van der Waals surface area contributed by atoms with Gasteiger partial charge in [0.2, 0.25) is 5.76 Å². The molecule has 168 valence electrons. The fourth-order valence-corrected chi connectivity index (χ4v) is 3.25. The molecule has 1 fully saturated rings. The molecule has 3 aromatic rings. The van der Waals surface area contributed by atoms with Gasteiger partial charge in [-0.15, -0.1) is 0 Å². The highest BCUT2D eigenvalue weighted by Crippen LogP contribution is 2.28. The van der Waals surface area contributed by atoms with Crippen LogP contribution in [0.2, 0.25) is 0 Å². The van der Waals surface area contributed by atoms with E-state index in [4.69, 9.17) is 13.6 Å². The van der Waals surface area contributed by atoms with E-state index in [2.05, 4.69) is 10.1 Å². The van der Waals surface area contributed by atoms with Crippen LogP contribution in [0.1, 0.15) is 32.4 Å². The van der Waals surface area contributed by atoms with Crippen molar-refractivity contribution in [1.82, 2.24) is 10.2 Å². The molecule has 4 rings (SSSR count). The fraction of sp³-hybridized carbons (Fsp3) is 0.130. The summed E-state index contributed by atoms with van der Waals surface area (Å²) in [6.45, 7) is -0.172. The molecule has 3 heterocycles. The number of hydrogen-bond donors (Lipinski definition) is 1. The van der Waals surface area contributed by atoms with Crippen LogP contribution in [0.5, 0.6) is 0 Å². The Balaban J connectivity index is 1.53. The molecule has 0 aliphatic carbocycles. The van der Waals surface area contributed by atoms with Gasteiger partial charge >= 0.3 is 18.0 Å². The number of imide groups is 1. The van der Waals surface area contributed by atoms with Crippen molar-refractivity contribution in [2.24, 2.45) is 0 Å². The van der Waals surface area contributed by atoms with Gasteiger partial charge in [0.05, 0.1) is 26.3 Å². The van der Waals surface area contributed by atoms with E-state index in [0.717, 1.165) is 4.90 Å². The average Bonchev–Trinajstić information content (AvgIpc) is 3.55. The largest absolute Gasteiger partial charge is 0.465 e. The molecule has 1 aromatic carbocycles. The number of carbonyl (C=O) groups excluding carboxylic acids is 4. The van der Waals surface area contributed by atoms with Crippen molar-refractivity contribution in [3.63, 3.8) is 0 Å². The van der Waals surface area contributed by atoms with Crippen LogP contribution >= 0.6 is 0 Å². The number of rotatable bonds is 6. The monoisotopic (exact) mass is 450 g/mol. The number of urea groups is 1. The van der Waals surface area contributed by atoms with Crippen molar-refractivity contribution in [2.45, 2.75) is 6.54 Å². The number of carbonyl (C=O) groups is 4. The summed E-state index contributed by atoms with van der Waals surface area (Å²) in [6.07, 6.45) is 1.38. The van der Waals surface area contributed by atoms with E-state index in [1.54, 1.807) is 36.4 Å². The van der Waals surface area contributed by atoms with Crippen molar-refractivity contribution in [1.29, 1.82) is 0 Å². The summed E-state index contributed by atoms with van der Waals surface area (Å²) in [5, 5.41) is 2.48. The standard InChI is InChI=1S/C23H18N2O8/c1-30-21(27)16-6-4-3-5-15(16)18-9-7-13(32-18)11-17-20(26)25(23(29)24-17)12-14-8-10-19(33-14)22(28)31-2/h3-11H,12H2,1-2H3,(H,24,29). The van der Waals surface area contributed by atoms with Gasteiger partial charge in [-0.1, -0.05) is 18.2 Å². The summed E-state index contributed by atoms with van der Waals surface area (Å²) < 4.78 is 20.5. The zero-order valence-electron chi connectivity index (χ0n) is 17.6. The highest BCUT2D eigenvalue weighted by atomic mass is 16.5. The number of nitrogens with zero attached hydrogens (tertiary/aromatic N) is 1. The van der Waals surface area contributed by atoms with Gasteiger partial charge in [-0.25, -0.2) is 14.4 Å². The Bertz CT molecular complexity index is 1280. The Morgan fingerprint density at radius 2 is 1.73 bits per heavy atom. The van der Waals surface area contributed by atoms with E-state index in [-0.39, 0.29) is 23.8 Å². The van der Waals surface area contributed by atoms with Crippen molar-refractivity contribution in [3.05, 3.63) is 77.1 Å². The minimum atomic E-state index is -0.665. The Hall–Kier alpha value is -4.60. The molecular formula is C23H18N2O8.